The molecule has 0 unspecified atom stereocenters. The molecule has 1 N–H and O–H groups in total. The van der Waals surface area contributed by atoms with Gasteiger partial charge in [-0.05, 0) is 49.8 Å². The number of esters is 1. The third-order valence-electron chi connectivity index (χ3n) is 4.66. The lowest BCUT2D eigenvalue weighted by molar-refractivity contribution is -0.144. The Balaban J connectivity index is 2.10. The number of carbonyl (C=O) groups is 1. The minimum Gasteiger partial charge on any atom is -0.466 e. The van der Waals surface area contributed by atoms with Gasteiger partial charge in [0.15, 0.2) is 0 Å². The van der Waals surface area contributed by atoms with E-state index in [1.165, 1.54) is 12.1 Å². The topological polar surface area (TPSA) is 38.3 Å². The van der Waals surface area contributed by atoms with E-state index in [4.69, 9.17) is 4.74 Å². The molecule has 0 radical (unpaired) electrons. The predicted molar refractivity (Wildman–Crippen MR) is 90.0 cm³/mol. The van der Waals surface area contributed by atoms with E-state index < -0.39 is 11.7 Å². The number of piperidine rings is 1. The lowest BCUT2D eigenvalue weighted by atomic mass is 9.82. The Morgan fingerprint density at radius 3 is 2.44 bits per heavy atom. The molecule has 3 nitrogen and oxygen atoms in total. The van der Waals surface area contributed by atoms with Crippen LogP contribution in [0.15, 0.2) is 24.3 Å². The second-order valence-electron chi connectivity index (χ2n) is 6.67. The summed E-state index contributed by atoms with van der Waals surface area (Å²) in [7, 11) is 0. The van der Waals surface area contributed by atoms with Crippen LogP contribution in [0.2, 0.25) is 0 Å². The van der Waals surface area contributed by atoms with Crippen LogP contribution >= 0.6 is 0 Å². The highest BCUT2D eigenvalue weighted by atomic mass is 19.4. The first-order chi connectivity index (χ1) is 11.8. The molecule has 0 aliphatic carbocycles. The highest BCUT2D eigenvalue weighted by molar-refractivity contribution is 5.69. The summed E-state index contributed by atoms with van der Waals surface area (Å²) in [6.45, 7) is 4.25. The van der Waals surface area contributed by atoms with Crippen LogP contribution in [-0.4, -0.2) is 18.6 Å². The minimum atomic E-state index is -4.32. The highest BCUT2D eigenvalue weighted by Gasteiger charge is 2.32. The third kappa shape index (κ3) is 5.73. The molecule has 0 bridgehead atoms. The summed E-state index contributed by atoms with van der Waals surface area (Å²) >= 11 is 0. The summed E-state index contributed by atoms with van der Waals surface area (Å²) in [6, 6.07) is 5.56. The number of carbonyl (C=O) groups excluding carboxylic acids is 1. The smallest absolute Gasteiger partial charge is 0.416 e. The largest absolute Gasteiger partial charge is 0.466 e. The van der Waals surface area contributed by atoms with Crippen LogP contribution in [-0.2, 0) is 15.7 Å². The molecule has 0 amide bonds. The van der Waals surface area contributed by atoms with Crippen molar-refractivity contribution in [2.75, 3.05) is 6.61 Å². The Bertz CT molecular complexity index is 557. The Kier molecular flexibility index (Phi) is 6.87. The van der Waals surface area contributed by atoms with E-state index in [1.54, 1.807) is 6.92 Å². The molecule has 3 atom stereocenters. The fraction of sp³-hybridized carbons (Fsp3) is 0.632. The van der Waals surface area contributed by atoms with Crippen molar-refractivity contribution in [3.05, 3.63) is 35.4 Å². The Labute approximate surface area is 146 Å². The Morgan fingerprint density at radius 1 is 1.20 bits per heavy atom. The number of halogens is 3. The average molecular weight is 357 g/mol. The first kappa shape index (κ1) is 19.8. The lowest BCUT2D eigenvalue weighted by Crippen LogP contribution is -2.41. The maximum atomic E-state index is 12.7. The van der Waals surface area contributed by atoms with Crippen LogP contribution in [0.1, 0.15) is 63.1 Å². The van der Waals surface area contributed by atoms with Crippen molar-refractivity contribution in [3.63, 3.8) is 0 Å². The zero-order valence-corrected chi connectivity index (χ0v) is 14.7. The first-order valence-electron chi connectivity index (χ1n) is 8.92. The van der Waals surface area contributed by atoms with Gasteiger partial charge in [-0.25, -0.2) is 0 Å². The summed E-state index contributed by atoms with van der Waals surface area (Å²) in [5.74, 6) is -0.0139. The van der Waals surface area contributed by atoms with Crippen LogP contribution in [0.5, 0.6) is 0 Å². The van der Waals surface area contributed by atoms with Gasteiger partial charge in [0, 0.05) is 18.5 Å². The molecule has 140 valence electrons. The normalized spacial score (nSPS) is 24.1. The van der Waals surface area contributed by atoms with E-state index in [2.05, 4.69) is 12.2 Å². The van der Waals surface area contributed by atoms with Crippen molar-refractivity contribution < 1.29 is 22.7 Å². The van der Waals surface area contributed by atoms with Crippen LogP contribution < -0.4 is 5.32 Å². The van der Waals surface area contributed by atoms with Gasteiger partial charge in [0.05, 0.1) is 12.2 Å². The fourth-order valence-corrected chi connectivity index (χ4v) is 3.56. The van der Waals surface area contributed by atoms with E-state index in [9.17, 15) is 18.0 Å². The molecule has 1 aromatic carbocycles. The first-order valence-corrected chi connectivity index (χ1v) is 8.92. The van der Waals surface area contributed by atoms with Crippen molar-refractivity contribution in [1.29, 1.82) is 0 Å². The van der Waals surface area contributed by atoms with Gasteiger partial charge in [0.1, 0.15) is 0 Å². The lowest BCUT2D eigenvalue weighted by Gasteiger charge is -2.36. The zero-order chi connectivity index (χ0) is 18.4. The summed E-state index contributed by atoms with van der Waals surface area (Å²) in [5, 5.41) is 3.53. The number of hydrogen-bond donors (Lipinski definition) is 1. The van der Waals surface area contributed by atoms with Gasteiger partial charge >= 0.3 is 12.1 Å². The SMILES string of the molecule is CCC[C@H]1C[C@@H](CC(=O)OCC)C[C@H](c2ccc(C(F)(F)F)cc2)N1. The van der Waals surface area contributed by atoms with Crippen molar-refractivity contribution in [3.8, 4) is 0 Å². The number of hydrogen-bond acceptors (Lipinski definition) is 3. The van der Waals surface area contributed by atoms with Gasteiger partial charge < -0.3 is 10.1 Å². The molecule has 1 aliphatic rings. The van der Waals surface area contributed by atoms with E-state index in [-0.39, 0.29) is 24.0 Å². The van der Waals surface area contributed by atoms with Gasteiger partial charge in [0.2, 0.25) is 0 Å². The molecule has 1 heterocycles. The Morgan fingerprint density at radius 2 is 1.88 bits per heavy atom. The molecule has 1 fully saturated rings. The van der Waals surface area contributed by atoms with Gasteiger partial charge in [-0.2, -0.15) is 13.2 Å². The summed E-state index contributed by atoms with van der Waals surface area (Å²) < 4.78 is 43.3. The van der Waals surface area contributed by atoms with E-state index in [0.717, 1.165) is 43.4 Å². The van der Waals surface area contributed by atoms with Gasteiger partial charge in [-0.1, -0.05) is 25.5 Å². The monoisotopic (exact) mass is 357 g/mol. The molecular formula is C19H26F3NO2. The van der Waals surface area contributed by atoms with Crippen molar-refractivity contribution in [1.82, 2.24) is 5.32 Å². The average Bonchev–Trinajstić information content (AvgIpc) is 2.54. The number of ether oxygens (including phenoxy) is 1. The van der Waals surface area contributed by atoms with Crippen LogP contribution in [0.25, 0.3) is 0 Å². The van der Waals surface area contributed by atoms with Gasteiger partial charge in [-0.15, -0.1) is 0 Å². The summed E-state index contributed by atoms with van der Waals surface area (Å²) in [4.78, 5) is 11.8. The molecule has 1 aliphatic heterocycles. The number of benzene rings is 1. The van der Waals surface area contributed by atoms with Gasteiger partial charge in [0.25, 0.3) is 0 Å². The molecule has 0 aromatic heterocycles. The maximum absolute atomic E-state index is 12.7. The highest BCUT2D eigenvalue weighted by Crippen LogP contribution is 2.35. The molecule has 0 saturated carbocycles. The second-order valence-corrected chi connectivity index (χ2v) is 6.67. The van der Waals surface area contributed by atoms with E-state index in [0.29, 0.717) is 13.0 Å². The maximum Gasteiger partial charge on any atom is 0.416 e. The third-order valence-corrected chi connectivity index (χ3v) is 4.66. The van der Waals surface area contributed by atoms with Crippen LogP contribution in [0.4, 0.5) is 13.2 Å². The number of nitrogens with one attached hydrogen (secondary N) is 1. The summed E-state index contributed by atoms with van der Waals surface area (Å²) in [6.07, 6.45) is -0.337. The molecule has 25 heavy (non-hydrogen) atoms. The second kappa shape index (κ2) is 8.70. The van der Waals surface area contributed by atoms with Crippen LogP contribution in [0, 0.1) is 5.92 Å². The molecule has 2 rings (SSSR count). The molecular weight excluding hydrogens is 331 g/mol. The van der Waals surface area contributed by atoms with E-state index in [1.807, 2.05) is 0 Å². The van der Waals surface area contributed by atoms with E-state index >= 15 is 0 Å². The summed E-state index contributed by atoms with van der Waals surface area (Å²) in [5.41, 5.74) is 0.197. The quantitative estimate of drug-likeness (QED) is 0.738. The predicted octanol–water partition coefficient (Wildman–Crippen LogP) is 4.87. The van der Waals surface area contributed by atoms with Crippen LogP contribution in [0.3, 0.4) is 0 Å². The van der Waals surface area contributed by atoms with Crippen molar-refractivity contribution >= 4 is 5.97 Å². The Hall–Kier alpha value is -1.56. The fourth-order valence-electron chi connectivity index (χ4n) is 3.56. The molecule has 1 saturated heterocycles. The van der Waals surface area contributed by atoms with Gasteiger partial charge in [-0.3, -0.25) is 4.79 Å². The number of alkyl halides is 3. The number of rotatable bonds is 6. The van der Waals surface area contributed by atoms with Crippen molar-refractivity contribution in [2.45, 2.75) is 64.2 Å². The minimum absolute atomic E-state index is 0.0352. The standard InChI is InChI=1S/C19H26F3NO2/c1-3-5-16-10-13(12-18(24)25-4-2)11-17(23-16)14-6-8-15(9-7-14)19(20,21)22/h6-9,13,16-17,23H,3-5,10-12H2,1-2H3/t13-,16+,17-/m1/s1. The molecule has 6 heteroatoms. The molecule has 1 aromatic rings. The van der Waals surface area contributed by atoms with Crippen molar-refractivity contribution in [2.24, 2.45) is 5.92 Å². The zero-order valence-electron chi connectivity index (χ0n) is 14.7. The molecule has 0 spiro atoms.